The number of benzene rings is 3. The molecule has 3 rings (SSSR count). The molecule has 0 aliphatic carbocycles. The van der Waals surface area contributed by atoms with E-state index in [0.29, 0.717) is 6.61 Å². The van der Waals surface area contributed by atoms with Crippen LogP contribution in [0, 0.1) is 0 Å². The Morgan fingerprint density at radius 2 is 0.957 bits per heavy atom. The molecule has 2 nitrogen and oxygen atoms in total. The summed E-state index contributed by atoms with van der Waals surface area (Å²) in [7, 11) is -2.23. The van der Waals surface area contributed by atoms with Crippen LogP contribution in [0.25, 0.3) is 0 Å². The van der Waals surface area contributed by atoms with Crippen LogP contribution >= 0.6 is 7.49 Å². The van der Waals surface area contributed by atoms with Crippen molar-refractivity contribution in [2.45, 2.75) is 0 Å². The highest BCUT2D eigenvalue weighted by Crippen LogP contribution is 2.56. The van der Waals surface area contributed by atoms with E-state index in [-0.39, 0.29) is 6.61 Å². The highest BCUT2D eigenvalue weighted by Gasteiger charge is 2.47. The van der Waals surface area contributed by atoms with Gasteiger partial charge in [0.2, 0.25) is 7.49 Å². The highest BCUT2D eigenvalue weighted by atomic mass is 31.2. The summed E-state index contributed by atoms with van der Waals surface area (Å²) in [4.78, 5) is 0. The van der Waals surface area contributed by atoms with Crippen LogP contribution in [-0.4, -0.2) is 18.3 Å². The minimum atomic E-state index is -2.23. The maximum Gasteiger partial charge on any atom is 0.242 e. The summed E-state index contributed by atoms with van der Waals surface area (Å²) in [5.41, 5.74) is 0. The van der Waals surface area contributed by atoms with Gasteiger partial charge in [-0.3, -0.25) is 0 Å². The molecular weight excluding hydrogens is 303 g/mol. The average molecular weight is 323 g/mol. The van der Waals surface area contributed by atoms with Crippen LogP contribution in [0.1, 0.15) is 0 Å². The zero-order valence-corrected chi connectivity index (χ0v) is 13.8. The minimum Gasteiger partial charge on any atom is -0.394 e. The van der Waals surface area contributed by atoms with Gasteiger partial charge in [-0.05, 0) is 36.4 Å². The summed E-state index contributed by atoms with van der Waals surface area (Å²) < 4.78 is 6.40. The van der Waals surface area contributed by atoms with E-state index in [2.05, 4.69) is 36.4 Å². The van der Waals surface area contributed by atoms with Crippen LogP contribution in [0.2, 0.25) is 0 Å². The molecule has 0 spiro atoms. The summed E-state index contributed by atoms with van der Waals surface area (Å²) in [5.74, 6) is 0. The first-order chi connectivity index (χ1) is 11.4. The van der Waals surface area contributed by atoms with E-state index in [1.165, 1.54) is 0 Å². The van der Waals surface area contributed by atoms with Crippen LogP contribution in [0.3, 0.4) is 0 Å². The molecular formula is C20H20O2P+. The summed E-state index contributed by atoms with van der Waals surface area (Å²) in [6.45, 7) is 0.320. The fraction of sp³-hybridized carbons (Fsp3) is 0.100. The number of hydrogen-bond donors (Lipinski definition) is 1. The van der Waals surface area contributed by atoms with Gasteiger partial charge in [-0.15, -0.1) is 0 Å². The van der Waals surface area contributed by atoms with E-state index >= 15 is 0 Å². The SMILES string of the molecule is OCCO[P+](c1ccccc1)(c1ccccc1)c1ccccc1. The van der Waals surface area contributed by atoms with Gasteiger partial charge < -0.3 is 5.11 Å². The molecule has 3 heteroatoms. The molecule has 0 saturated heterocycles. The quantitative estimate of drug-likeness (QED) is 0.707. The van der Waals surface area contributed by atoms with Crippen molar-refractivity contribution >= 4 is 23.4 Å². The molecule has 3 aromatic rings. The lowest BCUT2D eigenvalue weighted by Crippen LogP contribution is -2.33. The van der Waals surface area contributed by atoms with Gasteiger partial charge in [0.1, 0.15) is 22.5 Å². The van der Waals surface area contributed by atoms with Crippen LogP contribution in [0.5, 0.6) is 0 Å². The Hall–Kier alpha value is -1.99. The third-order valence-corrected chi connectivity index (χ3v) is 7.38. The molecule has 116 valence electrons. The van der Waals surface area contributed by atoms with Crippen molar-refractivity contribution in [2.75, 3.05) is 13.2 Å². The fourth-order valence-electron chi connectivity index (χ4n) is 2.76. The molecule has 3 aromatic carbocycles. The zero-order valence-electron chi connectivity index (χ0n) is 12.9. The molecule has 1 N–H and O–H groups in total. The monoisotopic (exact) mass is 323 g/mol. The van der Waals surface area contributed by atoms with E-state index in [0.717, 1.165) is 15.9 Å². The Morgan fingerprint density at radius 3 is 1.26 bits per heavy atom. The number of rotatable bonds is 6. The van der Waals surface area contributed by atoms with Crippen LogP contribution in [0.15, 0.2) is 91.0 Å². The predicted molar refractivity (Wildman–Crippen MR) is 98.2 cm³/mol. The van der Waals surface area contributed by atoms with Gasteiger partial charge >= 0.3 is 0 Å². The van der Waals surface area contributed by atoms with Crippen molar-refractivity contribution in [2.24, 2.45) is 0 Å². The summed E-state index contributed by atoms with van der Waals surface area (Å²) in [6.07, 6.45) is 0. The second-order valence-electron chi connectivity index (χ2n) is 5.17. The first kappa shape index (κ1) is 15.9. The van der Waals surface area contributed by atoms with Gasteiger partial charge in [0, 0.05) is 0 Å². The van der Waals surface area contributed by atoms with E-state index < -0.39 is 7.49 Å². The van der Waals surface area contributed by atoms with Crippen LogP contribution in [0.4, 0.5) is 0 Å². The molecule has 0 aliphatic rings. The van der Waals surface area contributed by atoms with Crippen molar-refractivity contribution in [3.8, 4) is 0 Å². The Bertz CT molecular complexity index is 618. The van der Waals surface area contributed by atoms with Crippen LogP contribution in [-0.2, 0) is 4.52 Å². The van der Waals surface area contributed by atoms with E-state index in [1.807, 2.05) is 54.6 Å². The lowest BCUT2D eigenvalue weighted by Gasteiger charge is -2.25. The van der Waals surface area contributed by atoms with E-state index in [9.17, 15) is 5.11 Å². The molecule has 0 saturated carbocycles. The average Bonchev–Trinajstić information content (AvgIpc) is 2.65. The van der Waals surface area contributed by atoms with Crippen LogP contribution < -0.4 is 15.9 Å². The lowest BCUT2D eigenvalue weighted by atomic mass is 10.4. The highest BCUT2D eigenvalue weighted by molar-refractivity contribution is 7.91. The van der Waals surface area contributed by atoms with Gasteiger partial charge in [0.25, 0.3) is 0 Å². The standard InChI is InChI=1S/C20H20O2P/c21-16-17-22-23(18-10-4-1-5-11-18,19-12-6-2-7-13-19)20-14-8-3-9-15-20/h1-15,21H,16-17H2/q+1. The molecule has 0 unspecified atom stereocenters. The predicted octanol–water partition coefficient (Wildman–Crippen LogP) is 2.90. The Morgan fingerprint density at radius 1 is 0.609 bits per heavy atom. The Labute approximate surface area is 137 Å². The van der Waals surface area contributed by atoms with Gasteiger partial charge in [0.15, 0.2) is 0 Å². The smallest absolute Gasteiger partial charge is 0.242 e. The van der Waals surface area contributed by atoms with Crippen molar-refractivity contribution in [3.63, 3.8) is 0 Å². The molecule has 0 amide bonds. The summed E-state index contributed by atoms with van der Waals surface area (Å²) in [5, 5.41) is 12.8. The summed E-state index contributed by atoms with van der Waals surface area (Å²) >= 11 is 0. The molecule has 0 atom stereocenters. The molecule has 0 heterocycles. The third-order valence-electron chi connectivity index (χ3n) is 3.74. The first-order valence-electron chi connectivity index (χ1n) is 7.69. The van der Waals surface area contributed by atoms with Crippen molar-refractivity contribution in [1.29, 1.82) is 0 Å². The molecule has 23 heavy (non-hydrogen) atoms. The van der Waals surface area contributed by atoms with E-state index in [1.54, 1.807) is 0 Å². The lowest BCUT2D eigenvalue weighted by molar-refractivity contribution is 0.214. The zero-order chi connectivity index (χ0) is 16.0. The third kappa shape index (κ3) is 3.20. The first-order valence-corrected chi connectivity index (χ1v) is 9.40. The van der Waals surface area contributed by atoms with Crippen molar-refractivity contribution in [3.05, 3.63) is 91.0 Å². The second-order valence-corrected chi connectivity index (χ2v) is 8.20. The molecule has 0 bridgehead atoms. The molecule has 0 fully saturated rings. The number of hydrogen-bond acceptors (Lipinski definition) is 2. The largest absolute Gasteiger partial charge is 0.394 e. The Balaban J connectivity index is 2.25. The normalized spacial score (nSPS) is 11.3. The van der Waals surface area contributed by atoms with E-state index in [4.69, 9.17) is 4.52 Å². The topological polar surface area (TPSA) is 29.5 Å². The van der Waals surface area contributed by atoms with Crippen molar-refractivity contribution in [1.82, 2.24) is 0 Å². The molecule has 0 aromatic heterocycles. The minimum absolute atomic E-state index is 0.00819. The maximum atomic E-state index is 9.36. The maximum absolute atomic E-state index is 9.36. The van der Waals surface area contributed by atoms with Crippen molar-refractivity contribution < 1.29 is 9.63 Å². The summed E-state index contributed by atoms with van der Waals surface area (Å²) in [6, 6.07) is 31.0. The Kier molecular flexibility index (Phi) is 5.19. The molecule has 0 aliphatic heterocycles. The van der Waals surface area contributed by atoms with Gasteiger partial charge in [-0.2, -0.15) is 0 Å². The fourth-order valence-corrected chi connectivity index (χ4v) is 6.24. The van der Waals surface area contributed by atoms with Gasteiger partial charge in [-0.25, -0.2) is 4.52 Å². The number of aliphatic hydroxyl groups is 1. The van der Waals surface area contributed by atoms with Gasteiger partial charge in [0.05, 0.1) is 6.61 Å². The number of aliphatic hydroxyl groups excluding tert-OH is 1. The molecule has 0 radical (unpaired) electrons. The van der Waals surface area contributed by atoms with Gasteiger partial charge in [-0.1, -0.05) is 54.6 Å². The second kappa shape index (κ2) is 7.52.